The Bertz CT molecular complexity index is 797. The fourth-order valence-corrected chi connectivity index (χ4v) is 3.48. The Kier molecular flexibility index (Phi) is 6.85. The lowest BCUT2D eigenvalue weighted by Crippen LogP contribution is -2.42. The van der Waals surface area contributed by atoms with Crippen LogP contribution in [0.3, 0.4) is 0 Å². The zero-order valence-electron chi connectivity index (χ0n) is 16.6. The van der Waals surface area contributed by atoms with Crippen LogP contribution < -0.4 is 5.32 Å². The van der Waals surface area contributed by atoms with E-state index in [2.05, 4.69) is 17.2 Å². The van der Waals surface area contributed by atoms with Crippen LogP contribution in [0.5, 0.6) is 0 Å². The molecular weight excluding hydrogens is 356 g/mol. The third kappa shape index (κ3) is 5.68. The van der Waals surface area contributed by atoms with Crippen molar-refractivity contribution in [3.63, 3.8) is 0 Å². The molecule has 1 aromatic carbocycles. The molecule has 6 nitrogen and oxygen atoms in total. The molecule has 1 amide bonds. The number of nitrogens with one attached hydrogen (secondary N) is 1. The molecule has 2 atom stereocenters. The van der Waals surface area contributed by atoms with Gasteiger partial charge >= 0.3 is 5.97 Å². The van der Waals surface area contributed by atoms with E-state index in [1.165, 1.54) is 12.0 Å². The van der Waals surface area contributed by atoms with Crippen LogP contribution in [0.15, 0.2) is 34.9 Å². The minimum absolute atomic E-state index is 0.126. The van der Waals surface area contributed by atoms with Gasteiger partial charge in [0.1, 0.15) is 0 Å². The number of carbonyl (C=O) groups excluding carboxylic acids is 2. The van der Waals surface area contributed by atoms with Crippen LogP contribution >= 0.6 is 0 Å². The summed E-state index contributed by atoms with van der Waals surface area (Å²) >= 11 is 0. The zero-order chi connectivity index (χ0) is 19.9. The lowest BCUT2D eigenvalue weighted by atomic mass is 9.86. The van der Waals surface area contributed by atoms with Gasteiger partial charge < -0.3 is 14.5 Å². The molecule has 0 saturated heterocycles. The maximum atomic E-state index is 12.0. The van der Waals surface area contributed by atoms with Crippen LogP contribution in [0, 0.1) is 12.8 Å². The van der Waals surface area contributed by atoms with E-state index in [1.807, 2.05) is 31.2 Å². The van der Waals surface area contributed by atoms with Gasteiger partial charge in [-0.1, -0.05) is 49.6 Å². The second kappa shape index (κ2) is 9.53. The minimum atomic E-state index is -0.429. The normalized spacial score (nSPS) is 19.2. The van der Waals surface area contributed by atoms with Crippen molar-refractivity contribution in [2.24, 2.45) is 5.92 Å². The first kappa shape index (κ1) is 20.1. The predicted molar refractivity (Wildman–Crippen MR) is 106 cm³/mol. The third-order valence-electron chi connectivity index (χ3n) is 5.25. The Morgan fingerprint density at radius 1 is 1.21 bits per heavy atom. The molecule has 1 aliphatic carbocycles. The van der Waals surface area contributed by atoms with E-state index in [1.54, 1.807) is 6.20 Å². The summed E-state index contributed by atoms with van der Waals surface area (Å²) in [5.74, 6) is 0.963. The quantitative estimate of drug-likeness (QED) is 0.734. The molecule has 2 aromatic rings. The first-order chi connectivity index (χ1) is 13.5. The number of aryl methyl sites for hydroxylation is 2. The van der Waals surface area contributed by atoms with Crippen molar-refractivity contribution in [2.45, 2.75) is 58.4 Å². The topological polar surface area (TPSA) is 81.4 Å². The number of nitrogens with zero attached hydrogens (tertiary/aromatic N) is 1. The molecule has 6 heteroatoms. The molecule has 0 aliphatic heterocycles. The van der Waals surface area contributed by atoms with Gasteiger partial charge in [-0.3, -0.25) is 9.59 Å². The van der Waals surface area contributed by atoms with Gasteiger partial charge in [0.15, 0.2) is 18.3 Å². The molecule has 1 aliphatic rings. The number of benzene rings is 1. The second-order valence-corrected chi connectivity index (χ2v) is 7.58. The van der Waals surface area contributed by atoms with E-state index >= 15 is 0 Å². The molecule has 1 saturated carbocycles. The standard InChI is InChI=1S/C22H28N2O4/c1-15-7-9-17(10-8-15)19-13-23-21(28-19)11-12-22(26)27-14-20(25)24-18-6-4-3-5-16(18)2/h7-10,13,16,18H,3-6,11-12,14H2,1-2H3,(H,24,25). The zero-order valence-corrected chi connectivity index (χ0v) is 16.6. The average molecular weight is 384 g/mol. The average Bonchev–Trinajstić information content (AvgIpc) is 3.16. The first-order valence-corrected chi connectivity index (χ1v) is 9.98. The number of rotatable bonds is 7. The number of oxazole rings is 1. The van der Waals surface area contributed by atoms with Crippen LogP contribution in [0.25, 0.3) is 11.3 Å². The number of aromatic nitrogens is 1. The SMILES string of the molecule is Cc1ccc(-c2cnc(CCC(=O)OCC(=O)NC3CCCCC3C)o2)cc1. The maximum absolute atomic E-state index is 12.0. The number of hydrogen-bond donors (Lipinski definition) is 1. The Labute approximate surface area is 165 Å². The van der Waals surface area contributed by atoms with Gasteiger partial charge in [0.25, 0.3) is 5.91 Å². The minimum Gasteiger partial charge on any atom is -0.456 e. The van der Waals surface area contributed by atoms with E-state index in [-0.39, 0.29) is 25.0 Å². The number of hydrogen-bond acceptors (Lipinski definition) is 5. The molecule has 1 fully saturated rings. The first-order valence-electron chi connectivity index (χ1n) is 9.98. The highest BCUT2D eigenvalue weighted by Crippen LogP contribution is 2.23. The van der Waals surface area contributed by atoms with Crippen molar-refractivity contribution in [1.82, 2.24) is 10.3 Å². The summed E-state index contributed by atoms with van der Waals surface area (Å²) in [7, 11) is 0. The maximum Gasteiger partial charge on any atom is 0.306 e. The summed E-state index contributed by atoms with van der Waals surface area (Å²) in [6.45, 7) is 3.94. The van der Waals surface area contributed by atoms with Crippen molar-refractivity contribution in [3.8, 4) is 11.3 Å². The second-order valence-electron chi connectivity index (χ2n) is 7.58. The van der Waals surface area contributed by atoms with E-state index in [0.29, 0.717) is 24.0 Å². The molecule has 1 N–H and O–H groups in total. The molecule has 28 heavy (non-hydrogen) atoms. The number of esters is 1. The van der Waals surface area contributed by atoms with Gasteiger partial charge in [-0.15, -0.1) is 0 Å². The predicted octanol–water partition coefficient (Wildman–Crippen LogP) is 3.82. The smallest absolute Gasteiger partial charge is 0.306 e. The van der Waals surface area contributed by atoms with E-state index in [9.17, 15) is 9.59 Å². The van der Waals surface area contributed by atoms with Gasteiger partial charge in [0, 0.05) is 18.0 Å². The fraction of sp³-hybridized carbons (Fsp3) is 0.500. The molecule has 0 spiro atoms. The monoisotopic (exact) mass is 384 g/mol. The fourth-order valence-electron chi connectivity index (χ4n) is 3.48. The van der Waals surface area contributed by atoms with Crippen molar-refractivity contribution in [3.05, 3.63) is 41.9 Å². The summed E-state index contributed by atoms with van der Waals surface area (Å²) in [4.78, 5) is 28.1. The molecule has 3 rings (SSSR count). The molecule has 1 heterocycles. The summed E-state index contributed by atoms with van der Waals surface area (Å²) in [6, 6.07) is 8.15. The highest BCUT2D eigenvalue weighted by molar-refractivity contribution is 5.80. The lowest BCUT2D eigenvalue weighted by Gasteiger charge is -2.29. The van der Waals surface area contributed by atoms with Gasteiger partial charge in [-0.05, 0) is 25.7 Å². The van der Waals surface area contributed by atoms with Gasteiger partial charge in [0.05, 0.1) is 12.6 Å². The van der Waals surface area contributed by atoms with Gasteiger partial charge in [0.2, 0.25) is 0 Å². The molecule has 1 aromatic heterocycles. The van der Waals surface area contributed by atoms with Crippen molar-refractivity contribution < 1.29 is 18.7 Å². The Hall–Kier alpha value is -2.63. The Morgan fingerprint density at radius 2 is 1.96 bits per heavy atom. The number of ether oxygens (including phenoxy) is 1. The third-order valence-corrected chi connectivity index (χ3v) is 5.25. The van der Waals surface area contributed by atoms with Crippen molar-refractivity contribution in [2.75, 3.05) is 6.61 Å². The molecule has 150 valence electrons. The summed E-state index contributed by atoms with van der Waals surface area (Å²) < 4.78 is 10.8. The van der Waals surface area contributed by atoms with E-state index < -0.39 is 5.97 Å². The number of carbonyl (C=O) groups is 2. The van der Waals surface area contributed by atoms with Gasteiger partial charge in [-0.2, -0.15) is 0 Å². The van der Waals surface area contributed by atoms with Crippen molar-refractivity contribution in [1.29, 1.82) is 0 Å². The van der Waals surface area contributed by atoms with Gasteiger partial charge in [-0.25, -0.2) is 4.98 Å². The van der Waals surface area contributed by atoms with Crippen LogP contribution in [-0.2, 0) is 20.7 Å². The van der Waals surface area contributed by atoms with Crippen LogP contribution in [0.4, 0.5) is 0 Å². The molecular formula is C22H28N2O4. The summed E-state index contributed by atoms with van der Waals surface area (Å²) in [5.41, 5.74) is 2.12. The highest BCUT2D eigenvalue weighted by atomic mass is 16.5. The largest absolute Gasteiger partial charge is 0.456 e. The van der Waals surface area contributed by atoms with E-state index in [4.69, 9.17) is 9.15 Å². The van der Waals surface area contributed by atoms with Crippen molar-refractivity contribution >= 4 is 11.9 Å². The molecule has 2 unspecified atom stereocenters. The van der Waals surface area contributed by atoms with Crippen LogP contribution in [-0.4, -0.2) is 29.5 Å². The molecule has 0 radical (unpaired) electrons. The van der Waals surface area contributed by atoms with E-state index in [0.717, 1.165) is 24.8 Å². The number of amides is 1. The molecule has 0 bridgehead atoms. The summed E-state index contributed by atoms with van der Waals surface area (Å²) in [5, 5.41) is 2.98. The lowest BCUT2D eigenvalue weighted by molar-refractivity contribution is -0.148. The van der Waals surface area contributed by atoms with Crippen LogP contribution in [0.2, 0.25) is 0 Å². The van der Waals surface area contributed by atoms with Crippen LogP contribution in [0.1, 0.15) is 50.5 Å². The Morgan fingerprint density at radius 3 is 2.71 bits per heavy atom. The summed E-state index contributed by atoms with van der Waals surface area (Å²) in [6.07, 6.45) is 6.60. The highest BCUT2D eigenvalue weighted by Gasteiger charge is 2.23. The Balaban J connectivity index is 1.39.